The van der Waals surface area contributed by atoms with Crippen molar-refractivity contribution < 1.29 is 28.6 Å². The van der Waals surface area contributed by atoms with E-state index in [0.29, 0.717) is 19.3 Å². The summed E-state index contributed by atoms with van der Waals surface area (Å²) in [6.07, 6.45) is 89.7. The number of hydrogen-bond acceptors (Lipinski definition) is 6. The Bertz CT molecular complexity index is 1570. The van der Waals surface area contributed by atoms with Crippen LogP contribution in [0.5, 0.6) is 0 Å². The Kier molecular flexibility index (Phi) is 62.3. The summed E-state index contributed by atoms with van der Waals surface area (Å²) < 4.78 is 16.9. The fourth-order valence-corrected chi connectivity index (χ4v) is 9.13. The van der Waals surface area contributed by atoms with E-state index in [1.165, 1.54) is 154 Å². The third-order valence-electron chi connectivity index (χ3n) is 14.0. The van der Waals surface area contributed by atoms with Gasteiger partial charge < -0.3 is 14.2 Å². The lowest BCUT2D eigenvalue weighted by atomic mass is 10.0. The predicted molar refractivity (Wildman–Crippen MR) is 339 cm³/mol. The molecular weight excluding hydrogens is 961 g/mol. The van der Waals surface area contributed by atoms with Gasteiger partial charge in [0.15, 0.2) is 6.10 Å². The number of unbranched alkanes of at least 4 members (excludes halogenated alkanes) is 30. The molecule has 0 radical (unpaired) electrons. The largest absolute Gasteiger partial charge is 0.462 e. The first-order chi connectivity index (χ1) is 38.5. The van der Waals surface area contributed by atoms with E-state index in [4.69, 9.17) is 14.2 Å². The number of carbonyl (C=O) groups excluding carboxylic acids is 3. The van der Waals surface area contributed by atoms with Gasteiger partial charge in [-0.25, -0.2) is 0 Å². The van der Waals surface area contributed by atoms with Crippen LogP contribution in [0.3, 0.4) is 0 Å². The number of esters is 3. The van der Waals surface area contributed by atoms with Gasteiger partial charge in [-0.3, -0.25) is 14.4 Å². The second kappa shape index (κ2) is 65.6. The molecule has 0 aliphatic carbocycles. The van der Waals surface area contributed by atoms with E-state index in [9.17, 15) is 14.4 Å². The van der Waals surface area contributed by atoms with Gasteiger partial charge in [-0.1, -0.05) is 278 Å². The fourth-order valence-electron chi connectivity index (χ4n) is 9.13. The maximum Gasteiger partial charge on any atom is 0.306 e. The van der Waals surface area contributed by atoms with Crippen molar-refractivity contribution in [3.63, 3.8) is 0 Å². The molecule has 6 nitrogen and oxygen atoms in total. The molecule has 1 atom stereocenters. The Hall–Kier alpha value is -3.93. The van der Waals surface area contributed by atoms with Gasteiger partial charge in [-0.05, 0) is 122 Å². The average Bonchev–Trinajstić information content (AvgIpc) is 3.44. The molecule has 0 aromatic carbocycles. The molecule has 0 saturated carbocycles. The summed E-state index contributed by atoms with van der Waals surface area (Å²) in [5.74, 6) is -0.937. The molecule has 1 unspecified atom stereocenters. The van der Waals surface area contributed by atoms with Crippen molar-refractivity contribution in [3.8, 4) is 0 Å². The number of rotatable bonds is 59. The first-order valence-corrected chi connectivity index (χ1v) is 32.9. The minimum atomic E-state index is -0.803. The normalized spacial score (nSPS) is 12.8. The third-order valence-corrected chi connectivity index (χ3v) is 14.0. The zero-order chi connectivity index (χ0) is 56.4. The molecule has 0 heterocycles. The maximum absolute atomic E-state index is 12.9. The zero-order valence-corrected chi connectivity index (χ0v) is 51.2. The second-order valence-corrected chi connectivity index (χ2v) is 21.6. The van der Waals surface area contributed by atoms with Gasteiger partial charge in [0.25, 0.3) is 0 Å². The van der Waals surface area contributed by atoms with Gasteiger partial charge >= 0.3 is 17.9 Å². The molecule has 0 aromatic rings. The summed E-state index contributed by atoms with van der Waals surface area (Å²) in [7, 11) is 0. The maximum atomic E-state index is 12.9. The second-order valence-electron chi connectivity index (χ2n) is 21.6. The van der Waals surface area contributed by atoms with Gasteiger partial charge in [0.2, 0.25) is 0 Å². The summed E-state index contributed by atoms with van der Waals surface area (Å²) in [5, 5.41) is 0. The minimum Gasteiger partial charge on any atom is -0.462 e. The smallest absolute Gasteiger partial charge is 0.306 e. The van der Waals surface area contributed by atoms with Gasteiger partial charge in [0.05, 0.1) is 0 Å². The lowest BCUT2D eigenvalue weighted by Gasteiger charge is -2.18. The highest BCUT2D eigenvalue weighted by Gasteiger charge is 2.19. The fraction of sp³-hybridized carbons (Fsp3) is 0.708. The Morgan fingerprint density at radius 2 is 0.500 bits per heavy atom. The highest BCUT2D eigenvalue weighted by molar-refractivity contribution is 5.71. The Morgan fingerprint density at radius 3 is 0.821 bits per heavy atom. The topological polar surface area (TPSA) is 78.9 Å². The SMILES string of the molecule is CC/C=C\C/C=C\C/C=C\C/C=C\CCCCCCCCCCCCCCCCCCCCC(=O)OCC(COC(=O)CCCCCCC/C=C\CCCCCCC)OC(=O)CCCC/C=C\C/C=C\C/C=C\C/C=C\CC. The molecule has 0 aromatic heterocycles. The Morgan fingerprint density at radius 1 is 0.269 bits per heavy atom. The number of ether oxygens (including phenoxy) is 3. The molecule has 0 amide bonds. The molecule has 0 saturated heterocycles. The Balaban J connectivity index is 4.22. The molecule has 0 aliphatic rings. The van der Waals surface area contributed by atoms with E-state index >= 15 is 0 Å². The molecule has 0 bridgehead atoms. The molecule has 0 rings (SSSR count). The molecule has 78 heavy (non-hydrogen) atoms. The van der Waals surface area contributed by atoms with Crippen LogP contribution < -0.4 is 0 Å². The predicted octanol–water partition coefficient (Wildman–Crippen LogP) is 22.6. The monoisotopic (exact) mass is 1080 g/mol. The van der Waals surface area contributed by atoms with Crippen LogP contribution in [-0.2, 0) is 28.6 Å². The minimum absolute atomic E-state index is 0.0955. The number of carbonyl (C=O) groups is 3. The van der Waals surface area contributed by atoms with Crippen LogP contribution in [0.2, 0.25) is 0 Å². The van der Waals surface area contributed by atoms with Crippen molar-refractivity contribution >= 4 is 17.9 Å². The molecule has 446 valence electrons. The number of hydrogen-bond donors (Lipinski definition) is 0. The third kappa shape index (κ3) is 62.9. The summed E-state index contributed by atoms with van der Waals surface area (Å²) >= 11 is 0. The Labute approximate surface area is 482 Å². The quantitative estimate of drug-likeness (QED) is 0.0261. The lowest BCUT2D eigenvalue weighted by molar-refractivity contribution is -0.167. The highest BCUT2D eigenvalue weighted by Crippen LogP contribution is 2.17. The van der Waals surface area contributed by atoms with E-state index < -0.39 is 6.10 Å². The van der Waals surface area contributed by atoms with Crippen molar-refractivity contribution in [1.29, 1.82) is 0 Å². The summed E-state index contributed by atoms with van der Waals surface area (Å²) in [6.45, 7) is 6.38. The van der Waals surface area contributed by atoms with E-state index in [-0.39, 0.29) is 37.5 Å². The van der Waals surface area contributed by atoms with E-state index in [0.717, 1.165) is 109 Å². The van der Waals surface area contributed by atoms with Crippen molar-refractivity contribution in [1.82, 2.24) is 0 Å². The van der Waals surface area contributed by atoms with E-state index in [1.54, 1.807) is 0 Å². The molecule has 0 N–H and O–H groups in total. The van der Waals surface area contributed by atoms with Crippen LogP contribution in [0.1, 0.15) is 310 Å². The van der Waals surface area contributed by atoms with E-state index in [2.05, 4.69) is 130 Å². The molecule has 6 heteroatoms. The average molecular weight is 1080 g/mol. The van der Waals surface area contributed by atoms with Gasteiger partial charge in [-0.15, -0.1) is 0 Å². The van der Waals surface area contributed by atoms with E-state index in [1.807, 2.05) is 0 Å². The van der Waals surface area contributed by atoms with Crippen LogP contribution in [0.25, 0.3) is 0 Å². The first kappa shape index (κ1) is 74.1. The van der Waals surface area contributed by atoms with Gasteiger partial charge in [0.1, 0.15) is 13.2 Å². The van der Waals surface area contributed by atoms with Crippen LogP contribution >= 0.6 is 0 Å². The number of allylic oxidation sites excluding steroid dienone is 18. The van der Waals surface area contributed by atoms with Crippen LogP contribution in [0.15, 0.2) is 109 Å². The van der Waals surface area contributed by atoms with Crippen molar-refractivity contribution in [2.75, 3.05) is 13.2 Å². The molecule has 0 aliphatic heterocycles. The van der Waals surface area contributed by atoms with Gasteiger partial charge in [0, 0.05) is 19.3 Å². The molecule has 0 fully saturated rings. The van der Waals surface area contributed by atoms with Crippen molar-refractivity contribution in [2.45, 2.75) is 316 Å². The summed E-state index contributed by atoms with van der Waals surface area (Å²) in [5.41, 5.74) is 0. The lowest BCUT2D eigenvalue weighted by Crippen LogP contribution is -2.30. The highest BCUT2D eigenvalue weighted by atomic mass is 16.6. The molecule has 0 spiro atoms. The standard InChI is InChI=1S/C72H122O6/c1-4-7-10-13-16-19-22-25-28-29-30-31-32-33-34-35-36-37-38-39-40-41-42-43-45-47-50-53-56-59-62-65-71(74)77-68-69(67-76-70(73)64-61-58-55-52-49-46-27-24-21-18-15-12-9-6-3)78-72(75)66-63-60-57-54-51-48-44-26-23-20-17-14-11-8-5-2/h7-8,10-11,16-17,19-20,24-28,30-31,44,51,54,69H,4-6,9,12-15,18,21-23,29,32-43,45-50,52-53,55-68H2,1-3H3/b10-7-,11-8-,19-16-,20-17-,27-24-,28-25-,31-30-,44-26-,54-51-. The van der Waals surface area contributed by atoms with Crippen molar-refractivity contribution in [3.05, 3.63) is 109 Å². The van der Waals surface area contributed by atoms with Crippen molar-refractivity contribution in [2.24, 2.45) is 0 Å². The van der Waals surface area contributed by atoms with Crippen LogP contribution in [0, 0.1) is 0 Å². The molecular formula is C72H122O6. The van der Waals surface area contributed by atoms with Gasteiger partial charge in [-0.2, -0.15) is 0 Å². The van der Waals surface area contributed by atoms with Crippen LogP contribution in [0.4, 0.5) is 0 Å². The first-order valence-electron chi connectivity index (χ1n) is 32.9. The summed E-state index contributed by atoms with van der Waals surface area (Å²) in [6, 6.07) is 0. The summed E-state index contributed by atoms with van der Waals surface area (Å²) in [4.78, 5) is 38.3. The zero-order valence-electron chi connectivity index (χ0n) is 51.2. The van der Waals surface area contributed by atoms with Crippen LogP contribution in [-0.4, -0.2) is 37.2 Å².